The van der Waals surface area contributed by atoms with Crippen molar-refractivity contribution < 1.29 is 14.1 Å². The van der Waals surface area contributed by atoms with Crippen LogP contribution in [0, 0.1) is 6.92 Å². The number of rotatable bonds is 6. The average Bonchev–Trinajstić information content (AvgIpc) is 2.85. The molecule has 1 unspecified atom stereocenters. The Morgan fingerprint density at radius 3 is 3.00 bits per heavy atom. The molecule has 1 fully saturated rings. The van der Waals surface area contributed by atoms with E-state index in [2.05, 4.69) is 15.8 Å². The maximum absolute atomic E-state index is 11.9. The fourth-order valence-electron chi connectivity index (χ4n) is 2.54. The fourth-order valence-corrected chi connectivity index (χ4v) is 2.54. The lowest BCUT2D eigenvalue weighted by Crippen LogP contribution is -2.30. The molecule has 1 aliphatic heterocycles. The number of carbonyl (C=O) groups is 1. The minimum absolute atomic E-state index is 0.208. The van der Waals surface area contributed by atoms with Gasteiger partial charge in [-0.25, -0.2) is 4.79 Å². The highest BCUT2D eigenvalue weighted by atomic mass is 16.5. The van der Waals surface area contributed by atoms with Crippen LogP contribution in [0.2, 0.25) is 0 Å². The fraction of sp³-hybridized carbons (Fsp3) is 0.733. The van der Waals surface area contributed by atoms with E-state index in [9.17, 15) is 4.79 Å². The number of nitrogens with zero attached hydrogens (tertiary/aromatic N) is 1. The molecule has 0 spiro atoms. The Bertz CT molecular complexity index is 453. The molecular formula is C15H25N3O3. The van der Waals surface area contributed by atoms with Gasteiger partial charge in [0.15, 0.2) is 5.76 Å². The van der Waals surface area contributed by atoms with Gasteiger partial charge >= 0.3 is 6.03 Å². The summed E-state index contributed by atoms with van der Waals surface area (Å²) in [4.78, 5) is 11.9. The SMILES string of the molecule is CCc1noc(C)c1NC(=O)NCCCC1CCCCO1. The molecule has 0 aliphatic carbocycles. The Hall–Kier alpha value is -1.56. The van der Waals surface area contributed by atoms with Crippen molar-refractivity contribution in [3.05, 3.63) is 11.5 Å². The molecule has 2 N–H and O–H groups in total. The number of hydrogen-bond donors (Lipinski definition) is 2. The van der Waals surface area contributed by atoms with Gasteiger partial charge in [-0.1, -0.05) is 12.1 Å². The third-order valence-corrected chi connectivity index (χ3v) is 3.77. The van der Waals surface area contributed by atoms with Gasteiger partial charge in [-0.3, -0.25) is 0 Å². The van der Waals surface area contributed by atoms with Crippen molar-refractivity contribution in [2.45, 2.75) is 58.5 Å². The molecule has 0 aromatic carbocycles. The van der Waals surface area contributed by atoms with Crippen LogP contribution in [-0.2, 0) is 11.2 Å². The zero-order valence-electron chi connectivity index (χ0n) is 12.9. The summed E-state index contributed by atoms with van der Waals surface area (Å²) in [6.45, 7) is 5.30. The zero-order valence-corrected chi connectivity index (χ0v) is 12.9. The topological polar surface area (TPSA) is 76.4 Å². The molecule has 0 saturated carbocycles. The van der Waals surface area contributed by atoms with Crippen LogP contribution in [0.1, 0.15) is 50.5 Å². The van der Waals surface area contributed by atoms with E-state index in [1.807, 2.05) is 6.92 Å². The second-order valence-corrected chi connectivity index (χ2v) is 5.43. The van der Waals surface area contributed by atoms with Crippen molar-refractivity contribution in [2.75, 3.05) is 18.5 Å². The smallest absolute Gasteiger partial charge is 0.319 e. The van der Waals surface area contributed by atoms with Gasteiger partial charge in [-0.05, 0) is 45.4 Å². The Balaban J connectivity index is 1.66. The van der Waals surface area contributed by atoms with Crippen molar-refractivity contribution >= 4 is 11.7 Å². The molecule has 1 aromatic heterocycles. The first-order valence-corrected chi connectivity index (χ1v) is 7.82. The number of ether oxygens (including phenoxy) is 1. The summed E-state index contributed by atoms with van der Waals surface area (Å²) in [7, 11) is 0. The standard InChI is InChI=1S/C15H25N3O3/c1-3-13-14(11(2)21-18-13)17-15(19)16-9-6-8-12-7-4-5-10-20-12/h12H,3-10H2,1-2H3,(H2,16,17,19). The molecule has 0 radical (unpaired) electrons. The van der Waals surface area contributed by atoms with Crippen molar-refractivity contribution in [3.63, 3.8) is 0 Å². The van der Waals surface area contributed by atoms with E-state index < -0.39 is 0 Å². The molecule has 21 heavy (non-hydrogen) atoms. The number of nitrogens with one attached hydrogen (secondary N) is 2. The highest BCUT2D eigenvalue weighted by Gasteiger charge is 2.15. The third-order valence-electron chi connectivity index (χ3n) is 3.77. The van der Waals surface area contributed by atoms with Gasteiger partial charge in [0.05, 0.1) is 6.10 Å². The van der Waals surface area contributed by atoms with Gasteiger partial charge in [0.1, 0.15) is 11.4 Å². The van der Waals surface area contributed by atoms with E-state index in [1.54, 1.807) is 6.92 Å². The predicted octanol–water partition coefficient (Wildman–Crippen LogP) is 3.02. The maximum Gasteiger partial charge on any atom is 0.319 e. The van der Waals surface area contributed by atoms with Gasteiger partial charge in [0, 0.05) is 13.2 Å². The van der Waals surface area contributed by atoms with E-state index in [4.69, 9.17) is 9.26 Å². The van der Waals surface area contributed by atoms with Gasteiger partial charge in [-0.15, -0.1) is 0 Å². The van der Waals surface area contributed by atoms with Crippen molar-refractivity contribution in [1.29, 1.82) is 0 Å². The number of amides is 2. The maximum atomic E-state index is 11.9. The molecule has 6 nitrogen and oxygen atoms in total. The van der Waals surface area contributed by atoms with E-state index >= 15 is 0 Å². The van der Waals surface area contributed by atoms with E-state index in [1.165, 1.54) is 12.8 Å². The number of carbonyl (C=O) groups excluding carboxylic acids is 1. The van der Waals surface area contributed by atoms with Crippen molar-refractivity contribution in [2.24, 2.45) is 0 Å². The highest BCUT2D eigenvalue weighted by molar-refractivity contribution is 5.90. The van der Waals surface area contributed by atoms with Crippen LogP contribution in [0.15, 0.2) is 4.52 Å². The number of anilines is 1. The van der Waals surface area contributed by atoms with Gasteiger partial charge in [0.2, 0.25) is 0 Å². The van der Waals surface area contributed by atoms with Crippen molar-refractivity contribution in [3.8, 4) is 0 Å². The number of hydrogen-bond acceptors (Lipinski definition) is 4. The Kier molecular flexibility index (Phi) is 6.04. The van der Waals surface area contributed by atoms with E-state index in [-0.39, 0.29) is 6.03 Å². The van der Waals surface area contributed by atoms with E-state index in [0.717, 1.165) is 38.0 Å². The van der Waals surface area contributed by atoms with Crippen LogP contribution in [0.25, 0.3) is 0 Å². The second-order valence-electron chi connectivity index (χ2n) is 5.43. The molecule has 1 aromatic rings. The minimum Gasteiger partial charge on any atom is -0.378 e. The summed E-state index contributed by atoms with van der Waals surface area (Å²) in [5.74, 6) is 0.637. The summed E-state index contributed by atoms with van der Waals surface area (Å²) in [5.41, 5.74) is 1.46. The molecule has 6 heteroatoms. The average molecular weight is 295 g/mol. The monoisotopic (exact) mass is 295 g/mol. The van der Waals surface area contributed by atoms with Gasteiger partial charge < -0.3 is 19.9 Å². The first kappa shape index (κ1) is 15.8. The van der Waals surface area contributed by atoms with Gasteiger partial charge in [-0.2, -0.15) is 0 Å². The summed E-state index contributed by atoms with van der Waals surface area (Å²) >= 11 is 0. The molecular weight excluding hydrogens is 270 g/mol. The second kappa shape index (κ2) is 8.02. The zero-order chi connectivity index (χ0) is 15.1. The summed E-state index contributed by atoms with van der Waals surface area (Å²) < 4.78 is 10.8. The minimum atomic E-state index is -0.208. The van der Waals surface area contributed by atoms with Crippen molar-refractivity contribution in [1.82, 2.24) is 10.5 Å². The molecule has 2 rings (SSSR count). The summed E-state index contributed by atoms with van der Waals surface area (Å²) in [6, 6.07) is -0.208. The van der Waals surface area contributed by atoms with Crippen LogP contribution in [-0.4, -0.2) is 30.4 Å². The lowest BCUT2D eigenvalue weighted by atomic mass is 10.0. The number of aryl methyl sites for hydroxylation is 2. The van der Waals surface area contributed by atoms with Crippen LogP contribution >= 0.6 is 0 Å². The Labute approximate surface area is 125 Å². The Morgan fingerprint density at radius 2 is 2.29 bits per heavy atom. The predicted molar refractivity (Wildman–Crippen MR) is 80.5 cm³/mol. The number of urea groups is 1. The lowest BCUT2D eigenvalue weighted by Gasteiger charge is -2.22. The van der Waals surface area contributed by atoms with Crippen LogP contribution in [0.4, 0.5) is 10.5 Å². The van der Waals surface area contributed by atoms with E-state index in [0.29, 0.717) is 24.1 Å². The molecule has 2 heterocycles. The lowest BCUT2D eigenvalue weighted by molar-refractivity contribution is 0.0103. The van der Waals surface area contributed by atoms with Crippen LogP contribution < -0.4 is 10.6 Å². The highest BCUT2D eigenvalue weighted by Crippen LogP contribution is 2.20. The third kappa shape index (κ3) is 4.74. The first-order valence-electron chi connectivity index (χ1n) is 7.82. The van der Waals surface area contributed by atoms with Gasteiger partial charge in [0.25, 0.3) is 0 Å². The van der Waals surface area contributed by atoms with Crippen LogP contribution in [0.3, 0.4) is 0 Å². The molecule has 0 bridgehead atoms. The molecule has 1 aliphatic rings. The Morgan fingerprint density at radius 1 is 1.43 bits per heavy atom. The van der Waals surface area contributed by atoms with Crippen LogP contribution in [0.5, 0.6) is 0 Å². The normalized spacial score (nSPS) is 18.5. The molecule has 1 atom stereocenters. The first-order chi connectivity index (χ1) is 10.2. The summed E-state index contributed by atoms with van der Waals surface area (Å²) in [5, 5.41) is 9.59. The largest absolute Gasteiger partial charge is 0.378 e. The molecule has 118 valence electrons. The molecule has 2 amide bonds. The summed E-state index contributed by atoms with van der Waals surface area (Å²) in [6.07, 6.45) is 6.61. The molecule has 1 saturated heterocycles. The number of aromatic nitrogens is 1. The quantitative estimate of drug-likeness (QED) is 0.791.